The van der Waals surface area contributed by atoms with Gasteiger partial charge in [-0.2, -0.15) is 0 Å². The van der Waals surface area contributed by atoms with Crippen LogP contribution in [-0.4, -0.2) is 12.6 Å². The fourth-order valence-corrected chi connectivity index (χ4v) is 1.94. The zero-order valence-corrected chi connectivity index (χ0v) is 11.7. The van der Waals surface area contributed by atoms with Crippen LogP contribution in [0.2, 0.25) is 5.02 Å². The highest BCUT2D eigenvalue weighted by Gasteiger charge is 2.11. The average Bonchev–Trinajstić information content (AvgIpc) is 2.35. The first-order valence-electron chi connectivity index (χ1n) is 6.37. The Labute approximate surface area is 109 Å². The average molecular weight is 256 g/mol. The van der Waals surface area contributed by atoms with Gasteiger partial charge < -0.3 is 10.1 Å². The normalized spacial score (nSPS) is 10.9. The van der Waals surface area contributed by atoms with Crippen molar-refractivity contribution in [3.05, 3.63) is 28.8 Å². The number of halogens is 1. The zero-order chi connectivity index (χ0) is 12.7. The molecule has 0 saturated carbocycles. The number of ether oxygens (including phenoxy) is 1. The third kappa shape index (κ3) is 4.21. The summed E-state index contributed by atoms with van der Waals surface area (Å²) >= 11 is 6.21. The topological polar surface area (TPSA) is 21.3 Å². The molecule has 1 aromatic rings. The van der Waals surface area contributed by atoms with E-state index in [-0.39, 0.29) is 6.10 Å². The lowest BCUT2D eigenvalue weighted by Crippen LogP contribution is -2.17. The minimum atomic E-state index is 0.272. The van der Waals surface area contributed by atoms with E-state index in [1.165, 1.54) is 0 Å². The van der Waals surface area contributed by atoms with Gasteiger partial charge in [-0.05, 0) is 31.5 Å². The molecule has 1 N–H and O–H groups in total. The van der Waals surface area contributed by atoms with Crippen molar-refractivity contribution in [1.82, 2.24) is 5.32 Å². The third-order valence-electron chi connectivity index (χ3n) is 2.83. The van der Waals surface area contributed by atoms with Gasteiger partial charge in [0.05, 0.1) is 6.10 Å². The molecule has 1 rings (SSSR count). The summed E-state index contributed by atoms with van der Waals surface area (Å²) in [7, 11) is 0. The van der Waals surface area contributed by atoms with Gasteiger partial charge in [-0.25, -0.2) is 0 Å². The lowest BCUT2D eigenvalue weighted by Gasteiger charge is -2.19. The van der Waals surface area contributed by atoms with Crippen molar-refractivity contribution in [1.29, 1.82) is 0 Å². The van der Waals surface area contributed by atoms with Gasteiger partial charge >= 0.3 is 0 Å². The van der Waals surface area contributed by atoms with Crippen molar-refractivity contribution < 1.29 is 4.74 Å². The summed E-state index contributed by atoms with van der Waals surface area (Å²) in [6.45, 7) is 8.05. The third-order valence-corrected chi connectivity index (χ3v) is 3.19. The first-order chi connectivity index (χ1) is 8.22. The largest absolute Gasteiger partial charge is 0.490 e. The van der Waals surface area contributed by atoms with E-state index in [4.69, 9.17) is 16.3 Å². The predicted molar refractivity (Wildman–Crippen MR) is 73.8 cm³/mol. The molecule has 0 atom stereocenters. The summed E-state index contributed by atoms with van der Waals surface area (Å²) in [5, 5.41) is 4.06. The van der Waals surface area contributed by atoms with Gasteiger partial charge in [0, 0.05) is 17.1 Å². The predicted octanol–water partition coefficient (Wildman–Crippen LogP) is 4.02. The molecule has 0 heterocycles. The van der Waals surface area contributed by atoms with Crippen LogP contribution in [0.25, 0.3) is 0 Å². The van der Waals surface area contributed by atoms with Crippen molar-refractivity contribution in [3.63, 3.8) is 0 Å². The fourth-order valence-electron chi connectivity index (χ4n) is 1.71. The molecular formula is C14H22ClNO. The van der Waals surface area contributed by atoms with Crippen LogP contribution in [0.15, 0.2) is 18.2 Å². The highest BCUT2D eigenvalue weighted by atomic mass is 35.5. The first kappa shape index (κ1) is 14.3. The van der Waals surface area contributed by atoms with Gasteiger partial charge in [0.2, 0.25) is 0 Å². The molecule has 0 aliphatic carbocycles. The molecule has 0 radical (unpaired) electrons. The molecule has 0 bridgehead atoms. The van der Waals surface area contributed by atoms with E-state index in [1.54, 1.807) is 0 Å². The number of hydrogen-bond donors (Lipinski definition) is 1. The molecule has 3 heteroatoms. The molecule has 0 aliphatic rings. The van der Waals surface area contributed by atoms with Crippen LogP contribution in [0.1, 0.15) is 39.2 Å². The number of benzene rings is 1. The van der Waals surface area contributed by atoms with Crippen LogP contribution >= 0.6 is 11.6 Å². The van der Waals surface area contributed by atoms with E-state index < -0.39 is 0 Å². The minimum Gasteiger partial charge on any atom is -0.490 e. The molecule has 17 heavy (non-hydrogen) atoms. The Morgan fingerprint density at radius 1 is 1.24 bits per heavy atom. The Morgan fingerprint density at radius 3 is 2.53 bits per heavy atom. The van der Waals surface area contributed by atoms with Gasteiger partial charge in [-0.3, -0.25) is 0 Å². The molecule has 0 fully saturated rings. The van der Waals surface area contributed by atoms with Crippen LogP contribution in [0, 0.1) is 0 Å². The Kier molecular flexibility index (Phi) is 6.38. The van der Waals surface area contributed by atoms with Crippen molar-refractivity contribution in [3.8, 4) is 5.75 Å². The Morgan fingerprint density at radius 2 is 1.94 bits per heavy atom. The molecule has 0 amide bonds. The van der Waals surface area contributed by atoms with Crippen LogP contribution in [-0.2, 0) is 6.54 Å². The van der Waals surface area contributed by atoms with Crippen LogP contribution in [0.4, 0.5) is 0 Å². The van der Waals surface area contributed by atoms with Gasteiger partial charge in [0.25, 0.3) is 0 Å². The fraction of sp³-hybridized carbons (Fsp3) is 0.571. The second kappa shape index (κ2) is 7.57. The van der Waals surface area contributed by atoms with Gasteiger partial charge in [-0.15, -0.1) is 0 Å². The molecule has 0 aromatic heterocycles. The highest BCUT2D eigenvalue weighted by molar-refractivity contribution is 6.31. The zero-order valence-electron chi connectivity index (χ0n) is 10.9. The van der Waals surface area contributed by atoms with Crippen molar-refractivity contribution >= 4 is 11.6 Å². The lowest BCUT2D eigenvalue weighted by molar-refractivity contribution is 0.190. The van der Waals surface area contributed by atoms with E-state index in [0.717, 1.165) is 42.3 Å². The smallest absolute Gasteiger partial charge is 0.125 e. The summed E-state index contributed by atoms with van der Waals surface area (Å²) < 4.78 is 6.00. The summed E-state index contributed by atoms with van der Waals surface area (Å²) in [6, 6.07) is 5.85. The Hall–Kier alpha value is -0.730. The maximum absolute atomic E-state index is 6.21. The maximum atomic E-state index is 6.21. The number of nitrogens with one attached hydrogen (secondary N) is 1. The minimum absolute atomic E-state index is 0.272. The monoisotopic (exact) mass is 255 g/mol. The van der Waals surface area contributed by atoms with Crippen LogP contribution < -0.4 is 10.1 Å². The second-order valence-electron chi connectivity index (χ2n) is 4.05. The van der Waals surface area contributed by atoms with Crippen molar-refractivity contribution in [2.24, 2.45) is 0 Å². The van der Waals surface area contributed by atoms with E-state index >= 15 is 0 Å². The Balaban J connectivity index is 2.85. The first-order valence-corrected chi connectivity index (χ1v) is 6.75. The molecule has 0 aliphatic heterocycles. The number of rotatable bonds is 7. The van der Waals surface area contributed by atoms with Crippen molar-refractivity contribution in [2.45, 2.75) is 46.3 Å². The van der Waals surface area contributed by atoms with Gasteiger partial charge in [-0.1, -0.05) is 38.4 Å². The van der Waals surface area contributed by atoms with Crippen molar-refractivity contribution in [2.75, 3.05) is 6.54 Å². The van der Waals surface area contributed by atoms with Gasteiger partial charge in [0.1, 0.15) is 5.75 Å². The van der Waals surface area contributed by atoms with Crippen LogP contribution in [0.5, 0.6) is 5.75 Å². The number of hydrogen-bond acceptors (Lipinski definition) is 2. The summed E-state index contributed by atoms with van der Waals surface area (Å²) in [5.41, 5.74) is 1.06. The summed E-state index contributed by atoms with van der Waals surface area (Å²) in [4.78, 5) is 0. The molecule has 96 valence electrons. The molecule has 0 spiro atoms. The SMILES string of the molecule is CCNCc1c(Cl)cccc1OC(CC)CC. The highest BCUT2D eigenvalue weighted by Crippen LogP contribution is 2.27. The van der Waals surface area contributed by atoms with E-state index in [2.05, 4.69) is 26.1 Å². The quantitative estimate of drug-likeness (QED) is 0.795. The summed E-state index contributed by atoms with van der Waals surface area (Å²) in [6.07, 6.45) is 2.31. The van der Waals surface area contributed by atoms with E-state index in [1.807, 2.05) is 18.2 Å². The van der Waals surface area contributed by atoms with E-state index in [9.17, 15) is 0 Å². The van der Waals surface area contributed by atoms with Gasteiger partial charge in [0.15, 0.2) is 0 Å². The molecule has 0 unspecified atom stereocenters. The molecule has 1 aromatic carbocycles. The molecule has 2 nitrogen and oxygen atoms in total. The van der Waals surface area contributed by atoms with Crippen LogP contribution in [0.3, 0.4) is 0 Å². The molecular weight excluding hydrogens is 234 g/mol. The Bertz CT molecular complexity index is 337. The second-order valence-corrected chi connectivity index (χ2v) is 4.46. The standard InChI is InChI=1S/C14H22ClNO/c1-4-11(5-2)17-14-9-7-8-13(15)12(14)10-16-6-3/h7-9,11,16H,4-6,10H2,1-3H3. The maximum Gasteiger partial charge on any atom is 0.125 e. The van der Waals surface area contributed by atoms with E-state index in [0.29, 0.717) is 0 Å². The summed E-state index contributed by atoms with van der Waals surface area (Å²) in [5.74, 6) is 0.909. The lowest BCUT2D eigenvalue weighted by atomic mass is 10.1. The molecule has 0 saturated heterocycles.